The molecule has 2 atom stereocenters. The van der Waals surface area contributed by atoms with Crippen molar-refractivity contribution in [1.82, 2.24) is 15.5 Å². The lowest BCUT2D eigenvalue weighted by Gasteiger charge is -2.05. The second kappa shape index (κ2) is 5.85. The van der Waals surface area contributed by atoms with E-state index < -0.39 is 12.8 Å². The van der Waals surface area contributed by atoms with Gasteiger partial charge in [-0.3, -0.25) is 0 Å². The van der Waals surface area contributed by atoms with Gasteiger partial charge in [-0.1, -0.05) is 5.16 Å². The molecule has 1 aliphatic heterocycles. The number of nitrogens with zero attached hydrogens (tertiary/aromatic N) is 2. The third kappa shape index (κ3) is 4.15. The Morgan fingerprint density at radius 1 is 1.47 bits per heavy atom. The predicted molar refractivity (Wildman–Crippen MR) is 56.2 cm³/mol. The Kier molecular flexibility index (Phi) is 4.38. The van der Waals surface area contributed by atoms with Crippen LogP contribution in [0, 0.1) is 0 Å². The molecule has 1 aromatic heterocycles. The second-order valence-corrected chi connectivity index (χ2v) is 4.21. The van der Waals surface area contributed by atoms with Crippen molar-refractivity contribution in [1.29, 1.82) is 0 Å². The molecule has 0 saturated carbocycles. The first-order valence-electron chi connectivity index (χ1n) is 5.71. The van der Waals surface area contributed by atoms with Crippen molar-refractivity contribution < 1.29 is 27.2 Å². The van der Waals surface area contributed by atoms with E-state index in [4.69, 9.17) is 9.26 Å². The minimum atomic E-state index is -4.36. The second-order valence-electron chi connectivity index (χ2n) is 4.21. The number of ether oxygens (including phenoxy) is 2. The summed E-state index contributed by atoms with van der Waals surface area (Å²) in [5.74, 6) is 0.437. The summed E-state index contributed by atoms with van der Waals surface area (Å²) >= 11 is 0. The van der Waals surface area contributed by atoms with E-state index in [0.29, 0.717) is 18.9 Å². The Morgan fingerprint density at radius 2 is 2.26 bits per heavy atom. The molecule has 2 heterocycles. The Morgan fingerprint density at radius 3 is 2.89 bits per heavy atom. The standard InChI is InChI=1S/C10H14F3N3O3/c1-17-6-2-7(14-3-6)9-15-8(16-19-9)4-18-5-10(11,12)13/h6-7,14H,2-5H2,1H3/t6-,7+/m0/s1. The van der Waals surface area contributed by atoms with Crippen molar-refractivity contribution in [2.45, 2.75) is 31.3 Å². The fraction of sp³-hybridized carbons (Fsp3) is 0.800. The molecule has 9 heteroatoms. The zero-order valence-electron chi connectivity index (χ0n) is 10.2. The van der Waals surface area contributed by atoms with Crippen LogP contribution in [-0.2, 0) is 16.1 Å². The first-order valence-corrected chi connectivity index (χ1v) is 5.71. The maximum atomic E-state index is 11.9. The minimum absolute atomic E-state index is 0.0711. The Balaban J connectivity index is 1.82. The van der Waals surface area contributed by atoms with E-state index in [1.165, 1.54) is 0 Å². The van der Waals surface area contributed by atoms with E-state index in [1.807, 2.05) is 0 Å². The number of hydrogen-bond acceptors (Lipinski definition) is 6. The van der Waals surface area contributed by atoms with Crippen LogP contribution >= 0.6 is 0 Å². The number of aromatic nitrogens is 2. The van der Waals surface area contributed by atoms with E-state index in [-0.39, 0.29) is 24.6 Å². The highest BCUT2D eigenvalue weighted by Gasteiger charge is 2.30. The molecule has 1 N–H and O–H groups in total. The summed E-state index contributed by atoms with van der Waals surface area (Å²) in [5, 5.41) is 6.70. The van der Waals surface area contributed by atoms with Crippen LogP contribution in [0.3, 0.4) is 0 Å². The molecule has 0 aromatic carbocycles. The molecular formula is C10H14F3N3O3. The van der Waals surface area contributed by atoms with Crippen molar-refractivity contribution in [2.75, 3.05) is 20.3 Å². The topological polar surface area (TPSA) is 69.4 Å². The molecular weight excluding hydrogens is 267 g/mol. The first-order chi connectivity index (χ1) is 8.98. The van der Waals surface area contributed by atoms with E-state index in [2.05, 4.69) is 20.2 Å². The number of rotatable bonds is 5. The highest BCUT2D eigenvalue weighted by Crippen LogP contribution is 2.23. The quantitative estimate of drug-likeness (QED) is 0.874. The fourth-order valence-corrected chi connectivity index (χ4v) is 1.80. The van der Waals surface area contributed by atoms with Gasteiger partial charge in [0.25, 0.3) is 0 Å². The van der Waals surface area contributed by atoms with Gasteiger partial charge >= 0.3 is 6.18 Å². The first kappa shape index (κ1) is 14.2. The number of alkyl halides is 3. The van der Waals surface area contributed by atoms with Crippen LogP contribution in [-0.4, -0.2) is 42.7 Å². The zero-order chi connectivity index (χ0) is 13.9. The van der Waals surface area contributed by atoms with Crippen molar-refractivity contribution in [3.05, 3.63) is 11.7 Å². The molecule has 0 radical (unpaired) electrons. The number of hydrogen-bond donors (Lipinski definition) is 1. The molecule has 0 amide bonds. The molecule has 6 nitrogen and oxygen atoms in total. The SMILES string of the molecule is CO[C@@H]1CN[C@@H](c2nc(COCC(F)(F)F)no2)C1. The van der Waals surface area contributed by atoms with Crippen LogP contribution < -0.4 is 5.32 Å². The summed E-state index contributed by atoms with van der Waals surface area (Å²) < 4.78 is 50.2. The molecule has 0 spiro atoms. The van der Waals surface area contributed by atoms with Crippen LogP contribution in [0.2, 0.25) is 0 Å². The average Bonchev–Trinajstić information content (AvgIpc) is 2.94. The molecule has 1 aromatic rings. The number of methoxy groups -OCH3 is 1. The summed E-state index contributed by atoms with van der Waals surface area (Å²) in [6, 6.07) is -0.131. The van der Waals surface area contributed by atoms with Crippen molar-refractivity contribution in [3.8, 4) is 0 Å². The Hall–Kier alpha value is -1.19. The van der Waals surface area contributed by atoms with Gasteiger partial charge in [0.1, 0.15) is 13.2 Å². The molecule has 2 rings (SSSR count). The Bertz CT molecular complexity index is 410. The van der Waals surface area contributed by atoms with Gasteiger partial charge in [0.15, 0.2) is 5.82 Å². The van der Waals surface area contributed by atoms with Crippen molar-refractivity contribution in [2.24, 2.45) is 0 Å². The van der Waals surface area contributed by atoms with Crippen LogP contribution in [0.15, 0.2) is 4.52 Å². The summed E-state index contributed by atoms with van der Waals surface area (Å²) in [4.78, 5) is 3.99. The molecule has 19 heavy (non-hydrogen) atoms. The van der Waals surface area contributed by atoms with Crippen molar-refractivity contribution >= 4 is 0 Å². The molecule has 108 valence electrons. The van der Waals surface area contributed by atoms with Crippen molar-refractivity contribution in [3.63, 3.8) is 0 Å². The largest absolute Gasteiger partial charge is 0.411 e. The monoisotopic (exact) mass is 281 g/mol. The predicted octanol–water partition coefficient (Wildman–Crippen LogP) is 1.20. The van der Waals surface area contributed by atoms with Crippen LogP contribution in [0.25, 0.3) is 0 Å². The van der Waals surface area contributed by atoms with E-state index in [9.17, 15) is 13.2 Å². The average molecular weight is 281 g/mol. The highest BCUT2D eigenvalue weighted by molar-refractivity contribution is 4.97. The fourth-order valence-electron chi connectivity index (χ4n) is 1.80. The maximum absolute atomic E-state index is 11.9. The maximum Gasteiger partial charge on any atom is 0.411 e. The van der Waals surface area contributed by atoms with Gasteiger partial charge in [0.2, 0.25) is 5.89 Å². The lowest BCUT2D eigenvalue weighted by molar-refractivity contribution is -0.177. The summed E-state index contributed by atoms with van der Waals surface area (Å²) in [5.41, 5.74) is 0. The lowest BCUT2D eigenvalue weighted by atomic mass is 10.2. The van der Waals surface area contributed by atoms with Gasteiger partial charge in [-0.15, -0.1) is 0 Å². The molecule has 0 aliphatic carbocycles. The summed E-state index contributed by atoms with van der Waals surface area (Å²) in [6.07, 6.45) is -3.60. The summed E-state index contributed by atoms with van der Waals surface area (Å²) in [7, 11) is 1.61. The van der Waals surface area contributed by atoms with Crippen LogP contribution in [0.1, 0.15) is 24.2 Å². The van der Waals surface area contributed by atoms with Gasteiger partial charge in [-0.2, -0.15) is 18.2 Å². The third-order valence-electron chi connectivity index (χ3n) is 2.70. The third-order valence-corrected chi connectivity index (χ3v) is 2.70. The van der Waals surface area contributed by atoms with Gasteiger partial charge in [-0.05, 0) is 6.42 Å². The zero-order valence-corrected chi connectivity index (χ0v) is 10.2. The van der Waals surface area contributed by atoms with Gasteiger partial charge in [-0.25, -0.2) is 0 Å². The lowest BCUT2D eigenvalue weighted by Crippen LogP contribution is -2.17. The number of nitrogens with one attached hydrogen (secondary N) is 1. The van der Waals surface area contributed by atoms with E-state index in [0.717, 1.165) is 0 Å². The minimum Gasteiger partial charge on any atom is -0.380 e. The van der Waals surface area contributed by atoms with Crippen LogP contribution in [0.4, 0.5) is 13.2 Å². The van der Waals surface area contributed by atoms with Gasteiger partial charge in [0, 0.05) is 13.7 Å². The van der Waals surface area contributed by atoms with Gasteiger partial charge in [0.05, 0.1) is 12.1 Å². The number of halogens is 3. The highest BCUT2D eigenvalue weighted by atomic mass is 19.4. The molecule has 0 bridgehead atoms. The smallest absolute Gasteiger partial charge is 0.380 e. The normalized spacial score (nSPS) is 24.0. The van der Waals surface area contributed by atoms with Gasteiger partial charge < -0.3 is 19.3 Å². The van der Waals surface area contributed by atoms with E-state index >= 15 is 0 Å². The summed E-state index contributed by atoms with van der Waals surface area (Å²) in [6.45, 7) is -0.989. The Labute approximate surface area is 107 Å². The van der Waals surface area contributed by atoms with Crippen LogP contribution in [0.5, 0.6) is 0 Å². The molecule has 1 fully saturated rings. The molecule has 1 saturated heterocycles. The van der Waals surface area contributed by atoms with E-state index in [1.54, 1.807) is 7.11 Å². The molecule has 0 unspecified atom stereocenters. The molecule has 1 aliphatic rings.